The van der Waals surface area contributed by atoms with Gasteiger partial charge in [0.15, 0.2) is 0 Å². The van der Waals surface area contributed by atoms with Crippen LogP contribution in [0, 0.1) is 6.92 Å². The monoisotopic (exact) mass is 283 g/mol. The predicted octanol–water partition coefficient (Wildman–Crippen LogP) is 2.83. The topological polar surface area (TPSA) is 72.0 Å². The maximum absolute atomic E-state index is 9.16. The summed E-state index contributed by atoms with van der Waals surface area (Å²) in [5.41, 5.74) is 7.85. The van der Waals surface area contributed by atoms with Gasteiger partial charge in [0.2, 0.25) is 0 Å². The molecule has 94 valence electrons. The molecule has 1 heterocycles. The van der Waals surface area contributed by atoms with Gasteiger partial charge in [0.05, 0.1) is 28.0 Å². The number of rotatable bonds is 2. The Morgan fingerprint density at radius 3 is 2.67 bits per heavy atom. The number of halogens is 2. The van der Waals surface area contributed by atoms with Gasteiger partial charge in [-0.15, -0.1) is 0 Å². The highest BCUT2D eigenvalue weighted by atomic mass is 35.5. The zero-order valence-electron chi connectivity index (χ0n) is 9.61. The average molecular weight is 284 g/mol. The first-order valence-corrected chi connectivity index (χ1v) is 5.98. The van der Waals surface area contributed by atoms with Crippen LogP contribution >= 0.6 is 23.2 Å². The van der Waals surface area contributed by atoms with E-state index in [0.717, 1.165) is 0 Å². The number of nitrogens with two attached hydrogens (primary N) is 1. The van der Waals surface area contributed by atoms with Crippen LogP contribution in [0.3, 0.4) is 0 Å². The predicted molar refractivity (Wildman–Crippen MR) is 72.6 cm³/mol. The van der Waals surface area contributed by atoms with E-state index in [4.69, 9.17) is 34.0 Å². The molecule has 0 aliphatic rings. The summed E-state index contributed by atoms with van der Waals surface area (Å²) < 4.78 is 0. The molecule has 0 atom stereocenters. The van der Waals surface area contributed by atoms with Crippen molar-refractivity contribution in [1.29, 1.82) is 0 Å². The molecule has 2 rings (SSSR count). The lowest BCUT2D eigenvalue weighted by Gasteiger charge is -2.10. The zero-order chi connectivity index (χ0) is 13.3. The van der Waals surface area contributed by atoms with Crippen LogP contribution in [-0.4, -0.2) is 15.1 Å². The van der Waals surface area contributed by atoms with Gasteiger partial charge in [-0.1, -0.05) is 35.3 Å². The van der Waals surface area contributed by atoms with Crippen LogP contribution < -0.4 is 5.73 Å². The number of hydrogen-bond donors (Lipinski definition) is 2. The Balaban J connectivity index is 2.67. The van der Waals surface area contributed by atoms with Crippen molar-refractivity contribution < 1.29 is 5.11 Å². The number of aromatic nitrogens is 2. The molecule has 0 unspecified atom stereocenters. The quantitative estimate of drug-likeness (QED) is 0.889. The Labute approximate surface area is 114 Å². The fourth-order valence-corrected chi connectivity index (χ4v) is 2.02. The Bertz CT molecular complexity index is 602. The van der Waals surface area contributed by atoms with Gasteiger partial charge in [0.25, 0.3) is 0 Å². The highest BCUT2D eigenvalue weighted by Gasteiger charge is 2.14. The second kappa shape index (κ2) is 5.10. The largest absolute Gasteiger partial charge is 0.390 e. The Morgan fingerprint density at radius 2 is 2.00 bits per heavy atom. The van der Waals surface area contributed by atoms with Crippen LogP contribution in [0.15, 0.2) is 18.2 Å². The van der Waals surface area contributed by atoms with Crippen molar-refractivity contribution in [3.8, 4) is 11.3 Å². The fourth-order valence-electron chi connectivity index (χ4n) is 1.63. The highest BCUT2D eigenvalue weighted by Crippen LogP contribution is 2.34. The van der Waals surface area contributed by atoms with E-state index < -0.39 is 0 Å². The molecular formula is C12H11Cl2N3O. The van der Waals surface area contributed by atoms with E-state index in [-0.39, 0.29) is 12.4 Å². The third-order valence-electron chi connectivity index (χ3n) is 2.53. The maximum Gasteiger partial charge on any atom is 0.147 e. The van der Waals surface area contributed by atoms with E-state index in [1.165, 1.54) is 0 Å². The normalized spacial score (nSPS) is 10.7. The minimum absolute atomic E-state index is 0.219. The standard InChI is InChI=1S/C12H11Cl2N3O/c1-6-11(17-9(5-18)12(15)16-6)7-3-2-4-8(13)10(7)14/h2-4,18H,5H2,1H3,(H2,15,16). The lowest BCUT2D eigenvalue weighted by Crippen LogP contribution is -2.05. The van der Waals surface area contributed by atoms with Crippen LogP contribution in [-0.2, 0) is 6.61 Å². The van der Waals surface area contributed by atoms with Crippen molar-refractivity contribution in [2.45, 2.75) is 13.5 Å². The molecule has 4 nitrogen and oxygen atoms in total. The lowest BCUT2D eigenvalue weighted by molar-refractivity contribution is 0.277. The Morgan fingerprint density at radius 1 is 1.28 bits per heavy atom. The number of aliphatic hydroxyl groups is 1. The molecule has 1 aromatic heterocycles. The maximum atomic E-state index is 9.16. The number of anilines is 1. The number of nitrogens with zero attached hydrogens (tertiary/aromatic N) is 2. The molecular weight excluding hydrogens is 273 g/mol. The molecule has 0 saturated carbocycles. The molecule has 3 N–H and O–H groups in total. The summed E-state index contributed by atoms with van der Waals surface area (Å²) in [4.78, 5) is 8.43. The first-order valence-electron chi connectivity index (χ1n) is 5.22. The molecule has 0 saturated heterocycles. The van der Waals surface area contributed by atoms with Gasteiger partial charge >= 0.3 is 0 Å². The van der Waals surface area contributed by atoms with Crippen LogP contribution in [0.25, 0.3) is 11.3 Å². The van der Waals surface area contributed by atoms with Crippen molar-refractivity contribution in [2.24, 2.45) is 0 Å². The molecule has 0 amide bonds. The van der Waals surface area contributed by atoms with Gasteiger partial charge in [-0.3, -0.25) is 0 Å². The molecule has 1 aromatic carbocycles. The molecule has 6 heteroatoms. The van der Waals surface area contributed by atoms with Gasteiger partial charge in [-0.25, -0.2) is 9.97 Å². The summed E-state index contributed by atoms with van der Waals surface area (Å²) in [6.45, 7) is 1.50. The van der Waals surface area contributed by atoms with Crippen LogP contribution in [0.5, 0.6) is 0 Å². The number of benzene rings is 1. The minimum atomic E-state index is -0.274. The fraction of sp³-hybridized carbons (Fsp3) is 0.167. The van der Waals surface area contributed by atoms with E-state index in [1.807, 2.05) is 0 Å². The lowest BCUT2D eigenvalue weighted by atomic mass is 10.1. The van der Waals surface area contributed by atoms with Gasteiger partial charge in [0.1, 0.15) is 11.5 Å². The summed E-state index contributed by atoms with van der Waals surface area (Å²) in [7, 11) is 0. The molecule has 0 spiro atoms. The van der Waals surface area contributed by atoms with Gasteiger partial charge < -0.3 is 10.8 Å². The number of hydrogen-bond acceptors (Lipinski definition) is 4. The van der Waals surface area contributed by atoms with E-state index in [9.17, 15) is 0 Å². The zero-order valence-corrected chi connectivity index (χ0v) is 11.1. The summed E-state index contributed by atoms with van der Waals surface area (Å²) in [5.74, 6) is 0.219. The molecule has 0 radical (unpaired) electrons. The van der Waals surface area contributed by atoms with Crippen molar-refractivity contribution >= 4 is 29.0 Å². The number of aliphatic hydroxyl groups excluding tert-OH is 1. The van der Waals surface area contributed by atoms with Crippen LogP contribution in [0.2, 0.25) is 10.0 Å². The third-order valence-corrected chi connectivity index (χ3v) is 3.35. The molecule has 0 aliphatic carbocycles. The second-order valence-corrected chi connectivity index (χ2v) is 4.53. The van der Waals surface area contributed by atoms with Crippen LogP contribution in [0.4, 0.5) is 5.82 Å². The van der Waals surface area contributed by atoms with Crippen molar-refractivity contribution in [2.75, 3.05) is 5.73 Å². The van der Waals surface area contributed by atoms with Gasteiger partial charge in [-0.2, -0.15) is 0 Å². The molecule has 0 aliphatic heterocycles. The molecule has 2 aromatic rings. The highest BCUT2D eigenvalue weighted by molar-refractivity contribution is 6.43. The van der Waals surface area contributed by atoms with Gasteiger partial charge in [0, 0.05) is 5.56 Å². The van der Waals surface area contributed by atoms with E-state index in [0.29, 0.717) is 32.7 Å². The van der Waals surface area contributed by atoms with Crippen molar-refractivity contribution in [3.05, 3.63) is 39.6 Å². The molecule has 0 bridgehead atoms. The Kier molecular flexibility index (Phi) is 3.71. The van der Waals surface area contributed by atoms with E-state index in [1.54, 1.807) is 25.1 Å². The minimum Gasteiger partial charge on any atom is -0.390 e. The smallest absolute Gasteiger partial charge is 0.147 e. The molecule has 0 fully saturated rings. The van der Waals surface area contributed by atoms with Crippen molar-refractivity contribution in [3.63, 3.8) is 0 Å². The third kappa shape index (κ3) is 2.27. The average Bonchev–Trinajstić information content (AvgIpc) is 2.34. The van der Waals surface area contributed by atoms with Gasteiger partial charge in [-0.05, 0) is 13.0 Å². The number of nitrogen functional groups attached to an aromatic ring is 1. The van der Waals surface area contributed by atoms with E-state index in [2.05, 4.69) is 9.97 Å². The second-order valence-electron chi connectivity index (χ2n) is 3.75. The summed E-state index contributed by atoms with van der Waals surface area (Å²) >= 11 is 12.1. The summed E-state index contributed by atoms with van der Waals surface area (Å²) in [5, 5.41) is 10.0. The first kappa shape index (κ1) is 13.1. The summed E-state index contributed by atoms with van der Waals surface area (Å²) in [6, 6.07) is 5.27. The molecule has 18 heavy (non-hydrogen) atoms. The first-order chi connectivity index (χ1) is 8.54. The van der Waals surface area contributed by atoms with Crippen LogP contribution in [0.1, 0.15) is 11.4 Å². The van der Waals surface area contributed by atoms with E-state index >= 15 is 0 Å². The Hall–Kier alpha value is -1.36. The number of aryl methyl sites for hydroxylation is 1. The van der Waals surface area contributed by atoms with Crippen molar-refractivity contribution in [1.82, 2.24) is 9.97 Å². The summed E-state index contributed by atoms with van der Waals surface area (Å²) in [6.07, 6.45) is 0. The SMILES string of the molecule is Cc1nc(N)c(CO)nc1-c1cccc(Cl)c1Cl.